The zero-order valence-electron chi connectivity index (χ0n) is 15.5. The number of aromatic nitrogens is 2. The van der Waals surface area contributed by atoms with Gasteiger partial charge in [-0.15, -0.1) is 0 Å². The van der Waals surface area contributed by atoms with Crippen LogP contribution in [0, 0.1) is 0 Å². The first-order valence-electron chi connectivity index (χ1n) is 8.11. The van der Waals surface area contributed by atoms with Gasteiger partial charge in [-0.2, -0.15) is 4.98 Å². The number of carbonyl (C=O) groups excluding carboxylic acids is 2. The van der Waals surface area contributed by atoms with Gasteiger partial charge in [-0.25, -0.2) is 9.78 Å². The monoisotopic (exact) mass is 378 g/mol. The largest absolute Gasteiger partial charge is 0.444 e. The van der Waals surface area contributed by atoms with Crippen LogP contribution in [0.2, 0.25) is 5.28 Å². The van der Waals surface area contributed by atoms with E-state index in [0.29, 0.717) is 17.7 Å². The van der Waals surface area contributed by atoms with Gasteiger partial charge in [0.1, 0.15) is 11.4 Å². The summed E-state index contributed by atoms with van der Waals surface area (Å²) < 4.78 is 5.20. The van der Waals surface area contributed by atoms with Crippen molar-refractivity contribution in [3.63, 3.8) is 0 Å². The molecule has 0 unspecified atom stereocenters. The molecule has 8 heteroatoms. The van der Waals surface area contributed by atoms with Crippen LogP contribution in [0.25, 0.3) is 0 Å². The number of nitrogens with one attached hydrogen (secondary N) is 2. The van der Waals surface area contributed by atoms with Crippen molar-refractivity contribution in [3.8, 4) is 0 Å². The van der Waals surface area contributed by atoms with Crippen molar-refractivity contribution in [3.05, 3.63) is 41.3 Å². The minimum Gasteiger partial charge on any atom is -0.444 e. The van der Waals surface area contributed by atoms with Gasteiger partial charge in [0.15, 0.2) is 6.29 Å². The molecular weight excluding hydrogens is 356 g/mol. The number of halogens is 1. The van der Waals surface area contributed by atoms with E-state index >= 15 is 0 Å². The van der Waals surface area contributed by atoms with Gasteiger partial charge in [0.2, 0.25) is 5.28 Å². The summed E-state index contributed by atoms with van der Waals surface area (Å²) in [5.41, 5.74) is 0.824. The Morgan fingerprint density at radius 2 is 1.88 bits per heavy atom. The molecule has 26 heavy (non-hydrogen) atoms. The van der Waals surface area contributed by atoms with Gasteiger partial charge in [-0.1, -0.05) is 19.9 Å². The lowest BCUT2D eigenvalue weighted by molar-refractivity contribution is 0.0636. The van der Waals surface area contributed by atoms with Gasteiger partial charge in [-0.3, -0.25) is 10.1 Å². The summed E-state index contributed by atoms with van der Waals surface area (Å²) in [6.45, 7) is 9.35. The Morgan fingerprint density at radius 3 is 2.50 bits per heavy atom. The number of benzene rings is 1. The Labute approximate surface area is 158 Å². The van der Waals surface area contributed by atoms with Crippen molar-refractivity contribution in [2.45, 2.75) is 40.2 Å². The fourth-order valence-electron chi connectivity index (χ4n) is 1.79. The second kappa shape index (κ2) is 9.72. The molecule has 1 heterocycles. The van der Waals surface area contributed by atoms with Gasteiger partial charge >= 0.3 is 6.09 Å². The molecule has 0 aliphatic rings. The molecule has 2 rings (SSSR count). The fraction of sp³-hybridized carbons (Fsp3) is 0.333. The van der Waals surface area contributed by atoms with Crippen molar-refractivity contribution in [1.82, 2.24) is 9.97 Å². The topological polar surface area (TPSA) is 93.2 Å². The lowest BCUT2D eigenvalue weighted by atomic mass is 10.2. The number of hydrogen-bond donors (Lipinski definition) is 2. The van der Waals surface area contributed by atoms with Crippen LogP contribution < -0.4 is 10.6 Å². The second-order valence-corrected chi connectivity index (χ2v) is 6.23. The molecule has 0 fully saturated rings. The number of hydrogen-bond acceptors (Lipinski definition) is 6. The molecule has 2 N–H and O–H groups in total. The zero-order valence-corrected chi connectivity index (χ0v) is 16.2. The average molecular weight is 379 g/mol. The van der Waals surface area contributed by atoms with E-state index in [2.05, 4.69) is 20.6 Å². The van der Waals surface area contributed by atoms with E-state index in [4.69, 9.17) is 16.3 Å². The van der Waals surface area contributed by atoms with Crippen LogP contribution in [0.15, 0.2) is 30.5 Å². The van der Waals surface area contributed by atoms with Gasteiger partial charge in [-0.05, 0) is 50.6 Å². The number of anilines is 3. The summed E-state index contributed by atoms with van der Waals surface area (Å²) in [7, 11) is 0. The quantitative estimate of drug-likeness (QED) is 0.570. The van der Waals surface area contributed by atoms with E-state index in [0.717, 1.165) is 0 Å². The van der Waals surface area contributed by atoms with Crippen molar-refractivity contribution >= 4 is 41.2 Å². The summed E-state index contributed by atoms with van der Waals surface area (Å²) in [6, 6.07) is 6.88. The van der Waals surface area contributed by atoms with Gasteiger partial charge in [0.25, 0.3) is 0 Å². The van der Waals surface area contributed by atoms with Crippen LogP contribution in [0.5, 0.6) is 0 Å². The number of nitrogens with zero attached hydrogens (tertiary/aromatic N) is 2. The Bertz CT molecular complexity index is 760. The molecule has 0 aliphatic heterocycles. The molecule has 1 amide bonds. The molecule has 0 bridgehead atoms. The molecule has 1 aromatic carbocycles. The molecule has 0 saturated carbocycles. The fourth-order valence-corrected chi connectivity index (χ4v) is 1.92. The molecule has 0 atom stereocenters. The normalized spacial score (nSPS) is 10.2. The smallest absolute Gasteiger partial charge is 0.412 e. The second-order valence-electron chi connectivity index (χ2n) is 5.89. The van der Waals surface area contributed by atoms with Crippen LogP contribution in [0.4, 0.5) is 22.0 Å². The number of carbonyl (C=O) groups is 2. The van der Waals surface area contributed by atoms with E-state index in [1.807, 2.05) is 13.8 Å². The van der Waals surface area contributed by atoms with E-state index in [9.17, 15) is 9.59 Å². The number of aldehydes is 1. The SMILES string of the molecule is CC.CC(C)(C)OC(=O)Nc1cccc(Nc2nc(Cl)ncc2C=O)c1. The van der Waals surface area contributed by atoms with Gasteiger partial charge < -0.3 is 10.1 Å². The zero-order chi connectivity index (χ0) is 19.7. The maximum Gasteiger partial charge on any atom is 0.412 e. The lowest BCUT2D eigenvalue weighted by Crippen LogP contribution is -2.27. The van der Waals surface area contributed by atoms with Crippen LogP contribution in [-0.4, -0.2) is 27.9 Å². The summed E-state index contributed by atoms with van der Waals surface area (Å²) in [6.07, 6.45) is 1.40. The highest BCUT2D eigenvalue weighted by molar-refractivity contribution is 6.28. The Kier molecular flexibility index (Phi) is 7.99. The van der Waals surface area contributed by atoms with E-state index in [-0.39, 0.29) is 16.7 Å². The Balaban J connectivity index is 0.00000163. The van der Waals surface area contributed by atoms with Crippen LogP contribution in [-0.2, 0) is 4.74 Å². The summed E-state index contributed by atoms with van der Waals surface area (Å²) >= 11 is 5.75. The highest BCUT2D eigenvalue weighted by atomic mass is 35.5. The predicted octanol–water partition coefficient (Wildman–Crippen LogP) is 5.06. The molecule has 0 radical (unpaired) electrons. The minimum atomic E-state index is -0.587. The summed E-state index contributed by atoms with van der Waals surface area (Å²) in [5, 5.41) is 5.62. The third-order valence-electron chi connectivity index (χ3n) is 2.69. The molecule has 2 aromatic rings. The molecule has 0 saturated heterocycles. The molecule has 140 valence electrons. The molecule has 0 spiro atoms. The number of ether oxygens (including phenoxy) is 1. The number of rotatable bonds is 4. The van der Waals surface area contributed by atoms with E-state index in [1.165, 1.54) is 6.20 Å². The molecule has 0 aliphatic carbocycles. The highest BCUT2D eigenvalue weighted by Crippen LogP contribution is 2.22. The first kappa shape index (κ1) is 21.4. The third-order valence-corrected chi connectivity index (χ3v) is 2.87. The maximum atomic E-state index is 11.8. The number of amides is 1. The Morgan fingerprint density at radius 1 is 1.23 bits per heavy atom. The van der Waals surface area contributed by atoms with E-state index in [1.54, 1.807) is 45.0 Å². The first-order valence-corrected chi connectivity index (χ1v) is 8.49. The Hall–Kier alpha value is -2.67. The lowest BCUT2D eigenvalue weighted by Gasteiger charge is -2.19. The van der Waals surface area contributed by atoms with Crippen LogP contribution >= 0.6 is 11.6 Å². The summed E-state index contributed by atoms with van der Waals surface area (Å²) in [4.78, 5) is 30.6. The van der Waals surface area contributed by atoms with Gasteiger partial charge in [0.05, 0.1) is 5.56 Å². The van der Waals surface area contributed by atoms with Gasteiger partial charge in [0, 0.05) is 17.6 Å². The van der Waals surface area contributed by atoms with E-state index < -0.39 is 11.7 Å². The highest BCUT2D eigenvalue weighted by Gasteiger charge is 2.16. The maximum absolute atomic E-state index is 11.8. The molecule has 1 aromatic heterocycles. The van der Waals surface area contributed by atoms with Crippen molar-refractivity contribution in [2.24, 2.45) is 0 Å². The van der Waals surface area contributed by atoms with Crippen molar-refractivity contribution < 1.29 is 14.3 Å². The third kappa shape index (κ3) is 7.06. The molecule has 7 nitrogen and oxygen atoms in total. The van der Waals surface area contributed by atoms with Crippen molar-refractivity contribution in [1.29, 1.82) is 0 Å². The van der Waals surface area contributed by atoms with Crippen molar-refractivity contribution in [2.75, 3.05) is 10.6 Å². The minimum absolute atomic E-state index is 0.0196. The summed E-state index contributed by atoms with van der Waals surface area (Å²) in [5.74, 6) is 0.277. The van der Waals surface area contributed by atoms with Crippen LogP contribution in [0.1, 0.15) is 45.0 Å². The predicted molar refractivity (Wildman–Crippen MR) is 103 cm³/mol. The standard InChI is InChI=1S/C16H17ClN4O3.C2H6/c1-16(2,3)24-15(23)20-12-6-4-5-11(7-12)19-13-10(9-22)8-18-14(17)21-13;1-2/h4-9H,1-3H3,(H,20,23)(H,18,19,21);1-2H3. The average Bonchev–Trinajstić information content (AvgIpc) is 2.55. The van der Waals surface area contributed by atoms with Crippen LogP contribution in [0.3, 0.4) is 0 Å². The molecular formula is C18H23ClN4O3. The first-order chi connectivity index (χ1) is 12.3.